The van der Waals surface area contributed by atoms with Gasteiger partial charge in [0.2, 0.25) is 0 Å². The molecule has 0 aliphatic heterocycles. The molecule has 0 aliphatic carbocycles. The van der Waals surface area contributed by atoms with Crippen LogP contribution in [0.3, 0.4) is 0 Å². The molecule has 0 amide bonds. The van der Waals surface area contributed by atoms with Crippen molar-refractivity contribution in [1.82, 2.24) is 19.1 Å². The predicted octanol–water partition coefficient (Wildman–Crippen LogP) is 1.99. The number of fused-ring (bicyclic) bond motifs is 1. The highest BCUT2D eigenvalue weighted by Gasteiger charge is 2.23. The third kappa shape index (κ3) is 3.11. The van der Waals surface area contributed by atoms with Crippen molar-refractivity contribution in [2.75, 3.05) is 12.8 Å². The van der Waals surface area contributed by atoms with Crippen LogP contribution < -0.4 is 11.3 Å². The van der Waals surface area contributed by atoms with Crippen molar-refractivity contribution >= 4 is 22.7 Å². The predicted molar refractivity (Wildman–Crippen MR) is 111 cm³/mol. The molecule has 1 unspecified atom stereocenters. The van der Waals surface area contributed by atoms with Gasteiger partial charge in [-0.25, -0.2) is 14.8 Å². The van der Waals surface area contributed by atoms with Crippen LogP contribution in [-0.4, -0.2) is 37.3 Å². The Hall–Kier alpha value is -3.98. The first-order chi connectivity index (χ1) is 14.4. The number of hydrogen-bond donors (Lipinski definition) is 2. The number of anilines is 1. The summed E-state index contributed by atoms with van der Waals surface area (Å²) in [6.45, 7) is 1.65. The second-order valence-electron chi connectivity index (χ2n) is 6.70. The van der Waals surface area contributed by atoms with E-state index in [0.29, 0.717) is 22.5 Å². The zero-order valence-corrected chi connectivity index (χ0v) is 16.3. The van der Waals surface area contributed by atoms with Crippen molar-refractivity contribution in [3.05, 3.63) is 76.6 Å². The topological polar surface area (TPSA) is 125 Å². The molecule has 0 spiro atoms. The Balaban J connectivity index is 2.07. The summed E-state index contributed by atoms with van der Waals surface area (Å²) in [5.74, 6) is -0.300. The standard InChI is InChI=1S/C21H19N5O4/c1-12(27)13-3-5-14(6-4-13)26-19-15(18(22)17(20(26)28)21(29)30-2)7-8-16(24-19)25-10-9-23-11-25/h3-12,27H,22H2,1-2H3. The zero-order valence-electron chi connectivity index (χ0n) is 16.3. The van der Waals surface area contributed by atoms with E-state index >= 15 is 0 Å². The number of aliphatic hydroxyl groups excluding tert-OH is 1. The molecule has 4 aromatic rings. The Bertz CT molecular complexity index is 1290. The molecule has 1 aromatic carbocycles. The number of benzene rings is 1. The lowest BCUT2D eigenvalue weighted by Crippen LogP contribution is -2.29. The lowest BCUT2D eigenvalue weighted by atomic mass is 10.1. The summed E-state index contributed by atoms with van der Waals surface area (Å²) in [4.78, 5) is 34.2. The summed E-state index contributed by atoms with van der Waals surface area (Å²) in [5.41, 5.74) is 6.70. The molecule has 0 bridgehead atoms. The maximum absolute atomic E-state index is 13.3. The largest absolute Gasteiger partial charge is 0.465 e. The Morgan fingerprint density at radius 1 is 1.20 bits per heavy atom. The van der Waals surface area contributed by atoms with Gasteiger partial charge in [-0.05, 0) is 36.8 Å². The van der Waals surface area contributed by atoms with Crippen LogP contribution in [0.15, 0.2) is 59.9 Å². The van der Waals surface area contributed by atoms with Gasteiger partial charge in [0.05, 0.1) is 24.6 Å². The van der Waals surface area contributed by atoms with E-state index < -0.39 is 17.6 Å². The molecule has 3 aromatic heterocycles. The molecular formula is C21H19N5O4. The highest BCUT2D eigenvalue weighted by atomic mass is 16.5. The molecular weight excluding hydrogens is 386 g/mol. The third-order valence-electron chi connectivity index (χ3n) is 4.84. The number of nitrogen functional groups attached to an aromatic ring is 1. The maximum atomic E-state index is 13.3. The molecule has 3 N–H and O–H groups in total. The quantitative estimate of drug-likeness (QED) is 0.497. The minimum atomic E-state index is -0.826. The molecule has 1 atom stereocenters. The van der Waals surface area contributed by atoms with E-state index in [2.05, 4.69) is 9.97 Å². The number of aromatic nitrogens is 4. The van der Waals surface area contributed by atoms with Crippen LogP contribution in [0.1, 0.15) is 28.9 Å². The average molecular weight is 405 g/mol. The number of methoxy groups -OCH3 is 1. The van der Waals surface area contributed by atoms with Crippen molar-refractivity contribution in [1.29, 1.82) is 0 Å². The Kier molecular flexibility index (Phi) is 4.80. The molecule has 9 heteroatoms. The first-order valence-electron chi connectivity index (χ1n) is 9.12. The van der Waals surface area contributed by atoms with E-state index in [-0.39, 0.29) is 16.9 Å². The summed E-state index contributed by atoms with van der Waals surface area (Å²) in [6.07, 6.45) is 4.26. The molecule has 3 heterocycles. The second kappa shape index (κ2) is 7.45. The lowest BCUT2D eigenvalue weighted by Gasteiger charge is -2.16. The number of imidazole rings is 1. The molecule has 9 nitrogen and oxygen atoms in total. The van der Waals surface area contributed by atoms with E-state index in [1.54, 1.807) is 66.6 Å². The van der Waals surface area contributed by atoms with E-state index in [1.807, 2.05) is 0 Å². The minimum absolute atomic E-state index is 0.00313. The van der Waals surface area contributed by atoms with Gasteiger partial charge in [-0.1, -0.05) is 12.1 Å². The van der Waals surface area contributed by atoms with Crippen LogP contribution in [0.25, 0.3) is 22.5 Å². The van der Waals surface area contributed by atoms with Crippen LogP contribution in [0.4, 0.5) is 5.69 Å². The van der Waals surface area contributed by atoms with Crippen LogP contribution in [0.5, 0.6) is 0 Å². The van der Waals surface area contributed by atoms with Crippen LogP contribution in [0.2, 0.25) is 0 Å². The second-order valence-corrected chi connectivity index (χ2v) is 6.70. The molecule has 0 saturated carbocycles. The Morgan fingerprint density at radius 2 is 1.93 bits per heavy atom. The van der Waals surface area contributed by atoms with Gasteiger partial charge in [-0.15, -0.1) is 0 Å². The van der Waals surface area contributed by atoms with Crippen LogP contribution >= 0.6 is 0 Å². The van der Waals surface area contributed by atoms with Gasteiger partial charge < -0.3 is 15.6 Å². The van der Waals surface area contributed by atoms with E-state index in [4.69, 9.17) is 10.5 Å². The number of rotatable bonds is 4. The average Bonchev–Trinajstić information content (AvgIpc) is 3.28. The van der Waals surface area contributed by atoms with Gasteiger partial charge in [-0.3, -0.25) is 13.9 Å². The smallest absolute Gasteiger partial charge is 0.345 e. The van der Waals surface area contributed by atoms with Crippen molar-refractivity contribution < 1.29 is 14.6 Å². The van der Waals surface area contributed by atoms with Crippen LogP contribution in [0, 0.1) is 0 Å². The van der Waals surface area contributed by atoms with Crippen molar-refractivity contribution in [3.8, 4) is 11.5 Å². The molecule has 4 rings (SSSR count). The fraction of sp³-hybridized carbons (Fsp3) is 0.143. The zero-order chi connectivity index (χ0) is 21.4. The third-order valence-corrected chi connectivity index (χ3v) is 4.84. The van der Waals surface area contributed by atoms with Gasteiger partial charge in [0.1, 0.15) is 17.7 Å². The normalized spacial score (nSPS) is 12.1. The van der Waals surface area contributed by atoms with Crippen molar-refractivity contribution in [2.45, 2.75) is 13.0 Å². The van der Waals surface area contributed by atoms with Gasteiger partial charge >= 0.3 is 5.97 Å². The van der Waals surface area contributed by atoms with Crippen molar-refractivity contribution in [2.24, 2.45) is 0 Å². The fourth-order valence-electron chi connectivity index (χ4n) is 3.26. The molecule has 30 heavy (non-hydrogen) atoms. The van der Waals surface area contributed by atoms with Gasteiger partial charge in [0.25, 0.3) is 5.56 Å². The summed E-state index contributed by atoms with van der Waals surface area (Å²) in [5, 5.41) is 10.2. The number of aliphatic hydroxyl groups is 1. The number of carbonyl (C=O) groups excluding carboxylic acids is 1. The van der Waals surface area contributed by atoms with Crippen molar-refractivity contribution in [3.63, 3.8) is 0 Å². The molecule has 0 radical (unpaired) electrons. The SMILES string of the molecule is COC(=O)c1c(N)c2ccc(-n3ccnc3)nc2n(-c2ccc(C(C)O)cc2)c1=O. The Morgan fingerprint density at radius 3 is 2.53 bits per heavy atom. The number of esters is 1. The lowest BCUT2D eigenvalue weighted by molar-refractivity contribution is 0.0600. The minimum Gasteiger partial charge on any atom is -0.465 e. The maximum Gasteiger partial charge on any atom is 0.345 e. The summed E-state index contributed by atoms with van der Waals surface area (Å²) < 4.78 is 7.77. The molecule has 0 aliphatic rings. The highest BCUT2D eigenvalue weighted by molar-refractivity contribution is 6.03. The van der Waals surface area contributed by atoms with Gasteiger partial charge in [0, 0.05) is 17.8 Å². The highest BCUT2D eigenvalue weighted by Crippen LogP contribution is 2.26. The summed E-state index contributed by atoms with van der Waals surface area (Å²) >= 11 is 0. The molecule has 0 saturated heterocycles. The number of hydrogen-bond acceptors (Lipinski definition) is 7. The van der Waals surface area contributed by atoms with Gasteiger partial charge in [-0.2, -0.15) is 0 Å². The number of nitrogens with two attached hydrogens (primary N) is 1. The molecule has 152 valence electrons. The fourth-order valence-corrected chi connectivity index (χ4v) is 3.26. The van der Waals surface area contributed by atoms with Crippen LogP contribution in [-0.2, 0) is 4.74 Å². The number of carbonyl (C=O) groups is 1. The van der Waals surface area contributed by atoms with Gasteiger partial charge in [0.15, 0.2) is 5.65 Å². The first kappa shape index (κ1) is 19.3. The first-order valence-corrected chi connectivity index (χ1v) is 9.12. The van der Waals surface area contributed by atoms with E-state index in [0.717, 1.165) is 0 Å². The Labute approximate surface area is 171 Å². The monoisotopic (exact) mass is 405 g/mol. The van der Waals surface area contributed by atoms with E-state index in [9.17, 15) is 14.7 Å². The summed E-state index contributed by atoms with van der Waals surface area (Å²) in [6, 6.07) is 10.2. The number of nitrogens with zero attached hydrogens (tertiary/aromatic N) is 4. The number of ether oxygens (including phenoxy) is 1. The summed E-state index contributed by atoms with van der Waals surface area (Å²) in [7, 11) is 1.19. The van der Waals surface area contributed by atoms with E-state index in [1.165, 1.54) is 11.7 Å². The molecule has 0 fully saturated rings. The number of pyridine rings is 2.